The standard InChI is InChI=1S/C19H22FN5O/c1-23(2)11-7-10-21-18(26)15-14-22-25(17-9-4-3-8-16(17)20)19(15)24-12-5-6-13-24/h3-6,8-9,12-14H,7,10-11H2,1-2H3,(H,21,26). The molecule has 6 nitrogen and oxygen atoms in total. The summed E-state index contributed by atoms with van der Waals surface area (Å²) in [4.78, 5) is 14.7. The minimum atomic E-state index is -0.401. The molecular formula is C19H22FN5O. The van der Waals surface area contributed by atoms with Gasteiger partial charge < -0.3 is 14.8 Å². The van der Waals surface area contributed by atoms with Crippen molar-refractivity contribution in [3.8, 4) is 11.5 Å². The van der Waals surface area contributed by atoms with Gasteiger partial charge >= 0.3 is 0 Å². The minimum absolute atomic E-state index is 0.227. The summed E-state index contributed by atoms with van der Waals surface area (Å²) in [7, 11) is 3.98. The first kappa shape index (κ1) is 17.9. The van der Waals surface area contributed by atoms with Gasteiger partial charge in [-0.3, -0.25) is 4.79 Å². The van der Waals surface area contributed by atoms with E-state index in [1.54, 1.807) is 35.2 Å². The van der Waals surface area contributed by atoms with Gasteiger partial charge in [0, 0.05) is 18.9 Å². The number of carbonyl (C=O) groups excluding carboxylic acids is 1. The van der Waals surface area contributed by atoms with Crippen LogP contribution in [-0.4, -0.2) is 52.3 Å². The summed E-state index contributed by atoms with van der Waals surface area (Å²) in [5.74, 6) is -0.123. The second-order valence-corrected chi connectivity index (χ2v) is 6.25. The van der Waals surface area contributed by atoms with Crippen LogP contribution in [0.5, 0.6) is 0 Å². The van der Waals surface area contributed by atoms with Crippen molar-refractivity contribution >= 4 is 5.91 Å². The highest BCUT2D eigenvalue weighted by molar-refractivity contribution is 5.97. The summed E-state index contributed by atoms with van der Waals surface area (Å²) in [6.07, 6.45) is 5.93. The Morgan fingerprint density at radius 2 is 1.92 bits per heavy atom. The largest absolute Gasteiger partial charge is 0.352 e. The molecule has 1 aromatic carbocycles. The second kappa shape index (κ2) is 7.97. The van der Waals surface area contributed by atoms with E-state index in [9.17, 15) is 9.18 Å². The normalized spacial score (nSPS) is 11.1. The number of rotatable bonds is 7. The van der Waals surface area contributed by atoms with Gasteiger partial charge in [0.05, 0.1) is 6.20 Å². The summed E-state index contributed by atoms with van der Waals surface area (Å²) in [5.41, 5.74) is 0.692. The Kier molecular flexibility index (Phi) is 5.48. The van der Waals surface area contributed by atoms with Crippen molar-refractivity contribution in [2.45, 2.75) is 6.42 Å². The zero-order valence-electron chi connectivity index (χ0n) is 14.9. The van der Waals surface area contributed by atoms with Gasteiger partial charge in [0.15, 0.2) is 5.82 Å². The molecule has 0 spiro atoms. The van der Waals surface area contributed by atoms with Crippen molar-refractivity contribution in [3.05, 3.63) is 66.4 Å². The molecule has 2 heterocycles. The van der Waals surface area contributed by atoms with Crippen molar-refractivity contribution in [2.24, 2.45) is 0 Å². The van der Waals surface area contributed by atoms with E-state index in [0.717, 1.165) is 13.0 Å². The molecule has 0 aliphatic carbocycles. The number of halogens is 1. The number of para-hydroxylation sites is 1. The third kappa shape index (κ3) is 3.83. The monoisotopic (exact) mass is 355 g/mol. The lowest BCUT2D eigenvalue weighted by molar-refractivity contribution is 0.0952. The smallest absolute Gasteiger partial charge is 0.256 e. The van der Waals surface area contributed by atoms with Crippen molar-refractivity contribution in [1.82, 2.24) is 24.6 Å². The first-order valence-electron chi connectivity index (χ1n) is 8.47. The predicted molar refractivity (Wildman–Crippen MR) is 98.4 cm³/mol. The number of nitrogens with zero attached hydrogens (tertiary/aromatic N) is 4. The Labute approximate surface area is 151 Å². The van der Waals surface area contributed by atoms with E-state index in [4.69, 9.17) is 0 Å². The van der Waals surface area contributed by atoms with E-state index in [1.165, 1.54) is 16.9 Å². The molecule has 7 heteroatoms. The van der Waals surface area contributed by atoms with E-state index in [2.05, 4.69) is 15.3 Å². The topological polar surface area (TPSA) is 55.1 Å². The number of hydrogen-bond acceptors (Lipinski definition) is 3. The van der Waals surface area contributed by atoms with Crippen molar-refractivity contribution < 1.29 is 9.18 Å². The second-order valence-electron chi connectivity index (χ2n) is 6.25. The molecule has 0 atom stereocenters. The number of amides is 1. The van der Waals surface area contributed by atoms with Crippen LogP contribution in [0.2, 0.25) is 0 Å². The van der Waals surface area contributed by atoms with Crippen LogP contribution in [0.25, 0.3) is 11.5 Å². The predicted octanol–water partition coefficient (Wildman–Crippen LogP) is 2.48. The maximum Gasteiger partial charge on any atom is 0.256 e. The molecule has 0 aliphatic heterocycles. The third-order valence-electron chi connectivity index (χ3n) is 3.99. The van der Waals surface area contributed by atoms with E-state index in [0.29, 0.717) is 23.6 Å². The Bertz CT molecular complexity index is 870. The van der Waals surface area contributed by atoms with E-state index >= 15 is 0 Å². The molecule has 0 aliphatic rings. The minimum Gasteiger partial charge on any atom is -0.352 e. The maximum absolute atomic E-state index is 14.3. The highest BCUT2D eigenvalue weighted by Gasteiger charge is 2.20. The molecule has 0 bridgehead atoms. The number of nitrogens with one attached hydrogen (secondary N) is 1. The lowest BCUT2D eigenvalue weighted by Crippen LogP contribution is -2.27. The molecule has 0 radical (unpaired) electrons. The van der Waals surface area contributed by atoms with Gasteiger partial charge in [0.2, 0.25) is 0 Å². The molecule has 3 rings (SSSR count). The van der Waals surface area contributed by atoms with Crippen LogP contribution < -0.4 is 5.32 Å². The molecule has 3 aromatic rings. The maximum atomic E-state index is 14.3. The molecule has 0 unspecified atom stereocenters. The number of carbonyl (C=O) groups is 1. The Morgan fingerprint density at radius 1 is 1.19 bits per heavy atom. The molecule has 0 saturated heterocycles. The SMILES string of the molecule is CN(C)CCCNC(=O)c1cnn(-c2ccccc2F)c1-n1cccc1. The lowest BCUT2D eigenvalue weighted by Gasteiger charge is -2.12. The van der Waals surface area contributed by atoms with Crippen molar-refractivity contribution in [3.63, 3.8) is 0 Å². The zero-order chi connectivity index (χ0) is 18.5. The summed E-state index contributed by atoms with van der Waals surface area (Å²) in [6.45, 7) is 1.45. The summed E-state index contributed by atoms with van der Waals surface area (Å²) < 4.78 is 17.5. The fraction of sp³-hybridized carbons (Fsp3) is 0.263. The van der Waals surface area contributed by atoms with Gasteiger partial charge in [-0.1, -0.05) is 12.1 Å². The van der Waals surface area contributed by atoms with E-state index in [1.807, 2.05) is 26.2 Å². The highest BCUT2D eigenvalue weighted by atomic mass is 19.1. The zero-order valence-corrected chi connectivity index (χ0v) is 14.9. The quantitative estimate of drug-likeness (QED) is 0.663. The Morgan fingerprint density at radius 3 is 2.62 bits per heavy atom. The van der Waals surface area contributed by atoms with Crippen LogP contribution in [0.4, 0.5) is 4.39 Å². The highest BCUT2D eigenvalue weighted by Crippen LogP contribution is 2.21. The molecule has 26 heavy (non-hydrogen) atoms. The summed E-state index contributed by atoms with van der Waals surface area (Å²) >= 11 is 0. The fourth-order valence-corrected chi connectivity index (χ4v) is 2.72. The molecule has 2 aromatic heterocycles. The average molecular weight is 355 g/mol. The molecule has 136 valence electrons. The first-order valence-corrected chi connectivity index (χ1v) is 8.47. The van der Waals surface area contributed by atoms with Crippen molar-refractivity contribution in [1.29, 1.82) is 0 Å². The van der Waals surface area contributed by atoms with Gasteiger partial charge in [-0.25, -0.2) is 9.07 Å². The van der Waals surface area contributed by atoms with Gasteiger partial charge in [-0.2, -0.15) is 5.10 Å². The number of benzene rings is 1. The van der Waals surface area contributed by atoms with Crippen LogP contribution in [-0.2, 0) is 0 Å². The molecule has 1 N–H and O–H groups in total. The van der Waals surface area contributed by atoms with Crippen LogP contribution in [0.15, 0.2) is 55.0 Å². The van der Waals surface area contributed by atoms with Crippen LogP contribution >= 0.6 is 0 Å². The third-order valence-corrected chi connectivity index (χ3v) is 3.99. The number of hydrogen-bond donors (Lipinski definition) is 1. The molecule has 0 saturated carbocycles. The summed E-state index contributed by atoms with van der Waals surface area (Å²) in [5, 5.41) is 7.18. The molecular weight excluding hydrogens is 333 g/mol. The average Bonchev–Trinajstić information content (AvgIpc) is 3.27. The Balaban J connectivity index is 1.92. The lowest BCUT2D eigenvalue weighted by atomic mass is 10.2. The molecule has 1 amide bonds. The molecule has 0 fully saturated rings. The van der Waals surface area contributed by atoms with Crippen molar-refractivity contribution in [2.75, 3.05) is 27.2 Å². The van der Waals surface area contributed by atoms with E-state index in [-0.39, 0.29) is 5.91 Å². The van der Waals surface area contributed by atoms with Crippen LogP contribution in [0, 0.1) is 5.82 Å². The fourth-order valence-electron chi connectivity index (χ4n) is 2.72. The van der Waals surface area contributed by atoms with E-state index < -0.39 is 5.82 Å². The van der Waals surface area contributed by atoms with Gasteiger partial charge in [-0.05, 0) is 51.3 Å². The van der Waals surface area contributed by atoms with Gasteiger partial charge in [-0.15, -0.1) is 0 Å². The van der Waals surface area contributed by atoms with Gasteiger partial charge in [0.25, 0.3) is 5.91 Å². The summed E-state index contributed by atoms with van der Waals surface area (Å²) in [6, 6.07) is 10.1. The Hall–Kier alpha value is -2.93. The number of aromatic nitrogens is 3. The van der Waals surface area contributed by atoms with Gasteiger partial charge in [0.1, 0.15) is 17.1 Å². The van der Waals surface area contributed by atoms with Crippen LogP contribution in [0.3, 0.4) is 0 Å². The first-order chi connectivity index (χ1) is 12.6. The van der Waals surface area contributed by atoms with Crippen LogP contribution in [0.1, 0.15) is 16.8 Å².